The molecule has 0 amide bonds. The summed E-state index contributed by atoms with van der Waals surface area (Å²) >= 11 is 0. The molecule has 0 aromatic heterocycles. The van der Waals surface area contributed by atoms with Crippen molar-refractivity contribution >= 4 is 5.84 Å². The Labute approximate surface area is 110 Å². The van der Waals surface area contributed by atoms with Gasteiger partial charge in [0.15, 0.2) is 0 Å². The summed E-state index contributed by atoms with van der Waals surface area (Å²) in [7, 11) is 0. The largest absolute Gasteiger partial charge is 0.409 e. The van der Waals surface area contributed by atoms with E-state index in [1.807, 2.05) is 13.8 Å². The highest BCUT2D eigenvalue weighted by Gasteiger charge is 2.22. The molecule has 0 heterocycles. The summed E-state index contributed by atoms with van der Waals surface area (Å²) in [6, 6.07) is 0. The van der Waals surface area contributed by atoms with E-state index in [9.17, 15) is 5.11 Å². The summed E-state index contributed by atoms with van der Waals surface area (Å²) in [5, 5.41) is 24.6. The normalized spacial score (nSPS) is 15.1. The van der Waals surface area contributed by atoms with E-state index < -0.39 is 0 Å². The first-order valence-corrected chi connectivity index (χ1v) is 6.66. The van der Waals surface area contributed by atoms with Crippen LogP contribution < -0.4 is 11.1 Å². The molecule has 0 aromatic carbocycles. The molecule has 0 radical (unpaired) electrons. The molecule has 5 N–H and O–H groups in total. The predicted molar refractivity (Wildman–Crippen MR) is 74.8 cm³/mol. The van der Waals surface area contributed by atoms with Crippen LogP contribution >= 0.6 is 0 Å². The minimum Gasteiger partial charge on any atom is -0.409 e. The molecule has 5 nitrogen and oxygen atoms in total. The smallest absolute Gasteiger partial charge is 0.144 e. The molecule has 0 rings (SSSR count). The Morgan fingerprint density at radius 3 is 2.50 bits per heavy atom. The van der Waals surface area contributed by atoms with Crippen molar-refractivity contribution in [2.24, 2.45) is 22.2 Å². The van der Waals surface area contributed by atoms with Gasteiger partial charge in [-0.15, -0.1) is 0 Å². The number of nitrogens with zero attached hydrogens (tertiary/aromatic N) is 1. The maximum Gasteiger partial charge on any atom is 0.144 e. The lowest BCUT2D eigenvalue weighted by atomic mass is 9.86. The Kier molecular flexibility index (Phi) is 7.95. The van der Waals surface area contributed by atoms with Crippen LogP contribution in [0.4, 0.5) is 0 Å². The van der Waals surface area contributed by atoms with E-state index in [-0.39, 0.29) is 17.4 Å². The van der Waals surface area contributed by atoms with E-state index in [0.29, 0.717) is 12.5 Å². The third kappa shape index (κ3) is 7.50. The molecule has 0 saturated carbocycles. The van der Waals surface area contributed by atoms with E-state index in [1.54, 1.807) is 0 Å². The quantitative estimate of drug-likeness (QED) is 0.166. The number of rotatable bonds is 9. The number of amidine groups is 1. The number of hydrogen-bond donors (Lipinski definition) is 4. The van der Waals surface area contributed by atoms with Crippen LogP contribution in [0.5, 0.6) is 0 Å². The minimum atomic E-state index is -0.285. The Hall–Kier alpha value is -0.810. The molecule has 0 aromatic rings. The van der Waals surface area contributed by atoms with Crippen molar-refractivity contribution in [1.82, 2.24) is 5.32 Å². The fraction of sp³-hybridized carbons (Fsp3) is 0.923. The van der Waals surface area contributed by atoms with Crippen molar-refractivity contribution in [3.63, 3.8) is 0 Å². The molecule has 0 bridgehead atoms. The molecule has 0 fully saturated rings. The van der Waals surface area contributed by atoms with Gasteiger partial charge in [0.05, 0.1) is 6.10 Å². The van der Waals surface area contributed by atoms with Crippen LogP contribution in [0.3, 0.4) is 0 Å². The summed E-state index contributed by atoms with van der Waals surface area (Å²) in [5.41, 5.74) is 5.32. The highest BCUT2D eigenvalue weighted by atomic mass is 16.4. The molecule has 5 heteroatoms. The topological polar surface area (TPSA) is 90.9 Å². The molecule has 108 valence electrons. The van der Waals surface area contributed by atoms with E-state index in [4.69, 9.17) is 10.9 Å². The maximum absolute atomic E-state index is 9.67. The third-order valence-corrected chi connectivity index (χ3v) is 3.08. The number of oxime groups is 1. The van der Waals surface area contributed by atoms with Crippen LogP contribution in [0.2, 0.25) is 0 Å². The molecule has 18 heavy (non-hydrogen) atoms. The van der Waals surface area contributed by atoms with E-state index in [2.05, 4.69) is 24.3 Å². The molecular formula is C13H29N3O2. The predicted octanol–water partition coefficient (Wildman–Crippen LogP) is 1.54. The Balaban J connectivity index is 3.69. The van der Waals surface area contributed by atoms with E-state index in [1.165, 1.54) is 0 Å². The van der Waals surface area contributed by atoms with Gasteiger partial charge in [-0.25, -0.2) is 0 Å². The summed E-state index contributed by atoms with van der Waals surface area (Å²) in [6.45, 7) is 9.57. The molecule has 0 saturated heterocycles. The zero-order valence-electron chi connectivity index (χ0n) is 12.1. The molecule has 0 aliphatic carbocycles. The standard InChI is InChI=1S/C13H29N3O2/c1-10(2)8-11(17)9-15-7-5-6-13(3,4)12(14)16-18/h10-11,15,17-18H,5-9H2,1-4H3,(H2,14,16). The van der Waals surface area contributed by atoms with E-state index in [0.717, 1.165) is 25.8 Å². The van der Waals surface area contributed by atoms with Crippen LogP contribution in [-0.2, 0) is 0 Å². The van der Waals surface area contributed by atoms with Crippen LogP contribution in [0.1, 0.15) is 47.0 Å². The van der Waals surface area contributed by atoms with Gasteiger partial charge in [-0.2, -0.15) is 0 Å². The molecular weight excluding hydrogens is 230 g/mol. The van der Waals surface area contributed by atoms with Crippen molar-refractivity contribution in [3.8, 4) is 0 Å². The van der Waals surface area contributed by atoms with Gasteiger partial charge in [-0.3, -0.25) is 0 Å². The molecule has 0 spiro atoms. The van der Waals surface area contributed by atoms with Gasteiger partial charge in [-0.1, -0.05) is 32.9 Å². The van der Waals surface area contributed by atoms with Gasteiger partial charge >= 0.3 is 0 Å². The van der Waals surface area contributed by atoms with Crippen molar-refractivity contribution in [3.05, 3.63) is 0 Å². The Morgan fingerprint density at radius 2 is 2.00 bits per heavy atom. The summed E-state index contributed by atoms with van der Waals surface area (Å²) in [6.07, 6.45) is 2.32. The van der Waals surface area contributed by atoms with Gasteiger partial charge in [0.1, 0.15) is 5.84 Å². The number of hydrogen-bond acceptors (Lipinski definition) is 4. The molecule has 0 aliphatic rings. The van der Waals surface area contributed by atoms with Crippen molar-refractivity contribution in [2.75, 3.05) is 13.1 Å². The van der Waals surface area contributed by atoms with Crippen LogP contribution in [-0.4, -0.2) is 35.3 Å². The zero-order chi connectivity index (χ0) is 14.2. The SMILES string of the molecule is CC(C)CC(O)CNCCCC(C)(C)C(N)=NO. The number of nitrogens with two attached hydrogens (primary N) is 1. The van der Waals surface area contributed by atoms with Gasteiger partial charge in [0, 0.05) is 12.0 Å². The molecule has 1 unspecified atom stereocenters. The number of aliphatic hydroxyl groups excluding tert-OH is 1. The fourth-order valence-corrected chi connectivity index (χ4v) is 1.81. The Bertz CT molecular complexity index is 253. The average Bonchev–Trinajstić information content (AvgIpc) is 2.26. The second-order valence-corrected chi connectivity index (χ2v) is 5.96. The third-order valence-electron chi connectivity index (χ3n) is 3.08. The number of nitrogens with one attached hydrogen (secondary N) is 1. The lowest BCUT2D eigenvalue weighted by molar-refractivity contribution is 0.146. The molecule has 0 aliphatic heterocycles. The minimum absolute atomic E-state index is 0.266. The zero-order valence-corrected chi connectivity index (χ0v) is 12.1. The average molecular weight is 259 g/mol. The lowest BCUT2D eigenvalue weighted by Gasteiger charge is -2.22. The summed E-state index contributed by atoms with van der Waals surface area (Å²) in [4.78, 5) is 0. The highest BCUT2D eigenvalue weighted by molar-refractivity contribution is 5.85. The fourth-order valence-electron chi connectivity index (χ4n) is 1.81. The summed E-state index contributed by atoms with van der Waals surface area (Å²) in [5.74, 6) is 0.781. The first-order chi connectivity index (χ1) is 8.29. The maximum atomic E-state index is 9.67. The van der Waals surface area contributed by atoms with Gasteiger partial charge in [-0.05, 0) is 31.7 Å². The van der Waals surface area contributed by atoms with Crippen LogP contribution in [0.25, 0.3) is 0 Å². The summed E-state index contributed by atoms with van der Waals surface area (Å²) < 4.78 is 0. The first kappa shape index (κ1) is 17.2. The highest BCUT2D eigenvalue weighted by Crippen LogP contribution is 2.21. The van der Waals surface area contributed by atoms with Gasteiger partial charge in [0.2, 0.25) is 0 Å². The second kappa shape index (κ2) is 8.32. The molecule has 1 atom stereocenters. The van der Waals surface area contributed by atoms with E-state index >= 15 is 0 Å². The van der Waals surface area contributed by atoms with Crippen molar-refractivity contribution in [2.45, 2.75) is 53.1 Å². The second-order valence-electron chi connectivity index (χ2n) is 5.96. The van der Waals surface area contributed by atoms with Gasteiger partial charge < -0.3 is 21.4 Å². The lowest BCUT2D eigenvalue weighted by Crippen LogP contribution is -2.33. The number of aliphatic hydroxyl groups is 1. The van der Waals surface area contributed by atoms with Crippen LogP contribution in [0.15, 0.2) is 5.16 Å². The Morgan fingerprint density at radius 1 is 1.39 bits per heavy atom. The van der Waals surface area contributed by atoms with Gasteiger partial charge in [0.25, 0.3) is 0 Å². The van der Waals surface area contributed by atoms with Crippen molar-refractivity contribution in [1.29, 1.82) is 0 Å². The monoisotopic (exact) mass is 259 g/mol. The van der Waals surface area contributed by atoms with Crippen LogP contribution in [0, 0.1) is 11.3 Å². The van der Waals surface area contributed by atoms with Crippen molar-refractivity contribution < 1.29 is 10.3 Å². The first-order valence-electron chi connectivity index (χ1n) is 6.66.